The van der Waals surface area contributed by atoms with Crippen molar-refractivity contribution in [3.8, 4) is 0 Å². The molecule has 2 rings (SSSR count). The van der Waals surface area contributed by atoms with Crippen LogP contribution in [0.2, 0.25) is 0 Å². The number of hydrogen-bond acceptors (Lipinski definition) is 1. The van der Waals surface area contributed by atoms with Crippen molar-refractivity contribution in [2.75, 3.05) is 0 Å². The first-order valence-corrected chi connectivity index (χ1v) is 6.26. The fourth-order valence-corrected chi connectivity index (χ4v) is 2.39. The number of hydrogen-bond donors (Lipinski definition) is 0. The van der Waals surface area contributed by atoms with Crippen molar-refractivity contribution in [2.45, 2.75) is 3.74 Å². The summed E-state index contributed by atoms with van der Waals surface area (Å²) >= 11 is 10.4. The van der Waals surface area contributed by atoms with Gasteiger partial charge in [0.25, 0.3) is 0 Å². The molecule has 0 unspecified atom stereocenters. The van der Waals surface area contributed by atoms with Gasteiger partial charge in [-0.05, 0) is 12.1 Å². The molecule has 1 heterocycles. The van der Waals surface area contributed by atoms with Crippen molar-refractivity contribution >= 4 is 58.8 Å². The van der Waals surface area contributed by atoms with Crippen molar-refractivity contribution in [2.24, 2.45) is 0 Å². The van der Waals surface area contributed by atoms with Crippen LogP contribution in [0.15, 0.2) is 33.4 Å². The molecule has 1 aromatic carbocycles. The second-order valence-electron chi connectivity index (χ2n) is 2.60. The predicted molar refractivity (Wildman–Crippen MR) is 64.5 cm³/mol. The lowest BCUT2D eigenvalue weighted by molar-refractivity contribution is 0.613. The van der Waals surface area contributed by atoms with Gasteiger partial charge in [0.15, 0.2) is 0 Å². The highest BCUT2D eigenvalue weighted by molar-refractivity contribution is 9.24. The molecule has 0 bridgehead atoms. The van der Waals surface area contributed by atoms with Gasteiger partial charge in [0.1, 0.15) is 5.58 Å². The molecule has 0 saturated heterocycles. The molecule has 1 aromatic heterocycles. The Balaban J connectivity index is 2.78. The molecule has 0 atom stereocenters. The Morgan fingerprint density at radius 3 is 2.62 bits per heavy atom. The minimum atomic E-state index is 0.127. The highest BCUT2D eigenvalue weighted by Crippen LogP contribution is 2.37. The van der Waals surface area contributed by atoms with E-state index >= 15 is 0 Å². The zero-order chi connectivity index (χ0) is 9.42. The van der Waals surface area contributed by atoms with E-state index in [-0.39, 0.29) is 3.74 Å². The Morgan fingerprint density at radius 2 is 1.92 bits per heavy atom. The van der Waals surface area contributed by atoms with Crippen LogP contribution < -0.4 is 0 Å². The number of rotatable bonds is 1. The number of alkyl halides is 2. The summed E-state index contributed by atoms with van der Waals surface area (Å²) in [5.41, 5.74) is 2.01. The topological polar surface area (TPSA) is 13.1 Å². The minimum Gasteiger partial charge on any atom is -0.464 e. The molecule has 0 spiro atoms. The lowest BCUT2D eigenvalue weighted by Crippen LogP contribution is -1.81. The van der Waals surface area contributed by atoms with E-state index in [9.17, 15) is 0 Å². The van der Waals surface area contributed by atoms with Gasteiger partial charge in [0, 0.05) is 15.4 Å². The van der Waals surface area contributed by atoms with Crippen LogP contribution in [0.1, 0.15) is 9.30 Å². The summed E-state index contributed by atoms with van der Waals surface area (Å²) in [6.07, 6.45) is 1.70. The van der Waals surface area contributed by atoms with E-state index in [1.807, 2.05) is 18.2 Å². The third kappa shape index (κ3) is 1.72. The number of benzene rings is 1. The van der Waals surface area contributed by atoms with E-state index in [0.717, 1.165) is 21.0 Å². The second-order valence-corrected chi connectivity index (χ2v) is 6.52. The first-order valence-electron chi connectivity index (χ1n) is 3.64. The fraction of sp³-hybridized carbons (Fsp3) is 0.111. The molecule has 68 valence electrons. The van der Waals surface area contributed by atoms with E-state index in [0.29, 0.717) is 0 Å². The minimum absolute atomic E-state index is 0.127. The van der Waals surface area contributed by atoms with Gasteiger partial charge in [0.05, 0.1) is 10.00 Å². The van der Waals surface area contributed by atoms with E-state index in [4.69, 9.17) is 4.42 Å². The van der Waals surface area contributed by atoms with Crippen molar-refractivity contribution < 1.29 is 4.42 Å². The number of furan rings is 1. The Hall–Kier alpha value is 0.200. The quantitative estimate of drug-likeness (QED) is 0.647. The van der Waals surface area contributed by atoms with Gasteiger partial charge in [-0.1, -0.05) is 53.9 Å². The van der Waals surface area contributed by atoms with E-state index in [1.165, 1.54) is 0 Å². The summed E-state index contributed by atoms with van der Waals surface area (Å²) < 4.78 is 6.58. The van der Waals surface area contributed by atoms with Crippen LogP contribution >= 0.6 is 47.8 Å². The van der Waals surface area contributed by atoms with Crippen molar-refractivity contribution in [3.63, 3.8) is 0 Å². The van der Waals surface area contributed by atoms with Crippen LogP contribution in [0, 0.1) is 0 Å². The zero-order valence-corrected chi connectivity index (χ0v) is 11.2. The standard InChI is InChI=1S/C9H5Br3O/c10-7-2-1-6(9(11)12)8-5(7)3-4-13-8/h1-4,9H. The van der Waals surface area contributed by atoms with Gasteiger partial charge in [-0.15, -0.1) is 0 Å². The monoisotopic (exact) mass is 366 g/mol. The molecule has 0 radical (unpaired) electrons. The summed E-state index contributed by atoms with van der Waals surface area (Å²) in [4.78, 5) is 0. The highest BCUT2D eigenvalue weighted by Gasteiger charge is 2.11. The third-order valence-corrected chi connectivity index (χ3v) is 3.51. The van der Waals surface area contributed by atoms with Gasteiger partial charge in [-0.3, -0.25) is 0 Å². The largest absolute Gasteiger partial charge is 0.464 e. The van der Waals surface area contributed by atoms with Crippen molar-refractivity contribution in [1.29, 1.82) is 0 Å². The molecular weight excluding hydrogens is 364 g/mol. The lowest BCUT2D eigenvalue weighted by Gasteiger charge is -2.03. The highest BCUT2D eigenvalue weighted by atomic mass is 79.9. The fourth-order valence-electron chi connectivity index (χ4n) is 1.22. The SMILES string of the molecule is Brc1ccc(C(Br)Br)c2occc12. The molecule has 0 aliphatic carbocycles. The molecule has 0 N–H and O–H groups in total. The molecule has 4 heteroatoms. The second kappa shape index (κ2) is 3.75. The molecule has 2 aromatic rings. The van der Waals surface area contributed by atoms with E-state index < -0.39 is 0 Å². The van der Waals surface area contributed by atoms with Gasteiger partial charge in [-0.25, -0.2) is 0 Å². The maximum Gasteiger partial charge on any atom is 0.140 e. The molecule has 0 fully saturated rings. The third-order valence-electron chi connectivity index (χ3n) is 1.83. The summed E-state index contributed by atoms with van der Waals surface area (Å²) in [5.74, 6) is 0. The van der Waals surface area contributed by atoms with Crippen molar-refractivity contribution in [1.82, 2.24) is 0 Å². The average Bonchev–Trinajstić information content (AvgIpc) is 2.53. The van der Waals surface area contributed by atoms with Crippen molar-refractivity contribution in [3.05, 3.63) is 34.5 Å². The van der Waals surface area contributed by atoms with Crippen LogP contribution in [-0.4, -0.2) is 0 Å². The van der Waals surface area contributed by atoms with Crippen LogP contribution in [-0.2, 0) is 0 Å². The smallest absolute Gasteiger partial charge is 0.140 e. The Kier molecular flexibility index (Phi) is 2.81. The van der Waals surface area contributed by atoms with Gasteiger partial charge in [-0.2, -0.15) is 0 Å². The van der Waals surface area contributed by atoms with E-state index in [2.05, 4.69) is 47.8 Å². The summed E-state index contributed by atoms with van der Waals surface area (Å²) in [7, 11) is 0. The molecule has 1 nitrogen and oxygen atoms in total. The molecule has 13 heavy (non-hydrogen) atoms. The first kappa shape index (κ1) is 9.74. The van der Waals surface area contributed by atoms with E-state index in [1.54, 1.807) is 6.26 Å². The molecule has 0 amide bonds. The maximum atomic E-state index is 5.40. The molecule has 0 saturated carbocycles. The summed E-state index contributed by atoms with van der Waals surface area (Å²) in [6, 6.07) is 5.98. The first-order chi connectivity index (χ1) is 6.20. The van der Waals surface area contributed by atoms with Crippen LogP contribution in [0.3, 0.4) is 0 Å². The van der Waals surface area contributed by atoms with Crippen LogP contribution in [0.4, 0.5) is 0 Å². The average molecular weight is 369 g/mol. The van der Waals surface area contributed by atoms with Gasteiger partial charge < -0.3 is 4.42 Å². The number of halogens is 3. The predicted octanol–water partition coefficient (Wildman–Crippen LogP) is 4.98. The van der Waals surface area contributed by atoms with Gasteiger partial charge in [0.2, 0.25) is 0 Å². The normalized spacial score (nSPS) is 11.4. The zero-order valence-electron chi connectivity index (χ0n) is 6.43. The summed E-state index contributed by atoms with van der Waals surface area (Å²) in [6.45, 7) is 0. The Labute approximate surface area is 101 Å². The molecular formula is C9H5Br3O. The molecule has 0 aliphatic rings. The number of fused-ring (bicyclic) bond motifs is 1. The van der Waals surface area contributed by atoms with Crippen LogP contribution in [0.5, 0.6) is 0 Å². The maximum absolute atomic E-state index is 5.40. The Morgan fingerprint density at radius 1 is 1.15 bits per heavy atom. The van der Waals surface area contributed by atoms with Gasteiger partial charge >= 0.3 is 0 Å². The lowest BCUT2D eigenvalue weighted by atomic mass is 10.2. The summed E-state index contributed by atoms with van der Waals surface area (Å²) in [5, 5.41) is 1.10. The Bertz CT molecular complexity index is 433. The molecule has 0 aliphatic heterocycles. The van der Waals surface area contributed by atoms with Crippen LogP contribution in [0.25, 0.3) is 11.0 Å².